The molecule has 0 saturated heterocycles. The van der Waals surface area contributed by atoms with E-state index < -0.39 is 5.97 Å². The molecule has 4 nitrogen and oxygen atoms in total. The number of benzene rings is 2. The SMILES string of the molecule is O=C(O)CCCCCC[C@@H]1C(=O)CC[C@H]1C=CC(=O)c1ccc2ccccc2c1. The summed E-state index contributed by atoms with van der Waals surface area (Å²) < 4.78 is 0. The minimum atomic E-state index is -0.753. The second kappa shape index (κ2) is 10.1. The van der Waals surface area contributed by atoms with Gasteiger partial charge in [-0.15, -0.1) is 0 Å². The number of hydrogen-bond donors (Lipinski definition) is 1. The van der Waals surface area contributed by atoms with Gasteiger partial charge in [-0.3, -0.25) is 14.4 Å². The number of carboxylic acids is 1. The van der Waals surface area contributed by atoms with Crippen molar-refractivity contribution in [1.82, 2.24) is 0 Å². The van der Waals surface area contributed by atoms with Crippen LogP contribution in [0.25, 0.3) is 10.8 Å². The van der Waals surface area contributed by atoms with E-state index in [1.54, 1.807) is 6.08 Å². The third-order valence-electron chi connectivity index (χ3n) is 5.84. The van der Waals surface area contributed by atoms with Gasteiger partial charge < -0.3 is 5.11 Å². The maximum absolute atomic E-state index is 12.6. The lowest BCUT2D eigenvalue weighted by Gasteiger charge is -2.14. The van der Waals surface area contributed by atoms with Gasteiger partial charge in [0.05, 0.1) is 0 Å². The van der Waals surface area contributed by atoms with Gasteiger partial charge in [0.2, 0.25) is 0 Å². The first-order valence-corrected chi connectivity index (χ1v) is 10.5. The van der Waals surface area contributed by atoms with E-state index in [0.29, 0.717) is 24.2 Å². The van der Waals surface area contributed by atoms with Crippen molar-refractivity contribution in [3.8, 4) is 0 Å². The fourth-order valence-electron chi connectivity index (χ4n) is 4.18. The summed E-state index contributed by atoms with van der Waals surface area (Å²) in [6, 6.07) is 13.7. The molecule has 0 amide bonds. The largest absolute Gasteiger partial charge is 0.481 e. The highest BCUT2D eigenvalue weighted by atomic mass is 16.4. The monoisotopic (exact) mass is 392 g/mol. The first kappa shape index (κ1) is 21.0. The quantitative estimate of drug-likeness (QED) is 0.325. The third-order valence-corrected chi connectivity index (χ3v) is 5.84. The molecule has 3 rings (SSSR count). The van der Waals surface area contributed by atoms with Crippen LogP contribution in [0.1, 0.15) is 61.7 Å². The number of Topliss-reactive ketones (excluding diaryl/α,β-unsaturated/α-hetero) is 1. The fraction of sp³-hybridized carbons (Fsp3) is 0.400. The zero-order valence-corrected chi connectivity index (χ0v) is 16.7. The van der Waals surface area contributed by atoms with Crippen LogP contribution in [0, 0.1) is 11.8 Å². The normalized spacial score (nSPS) is 19.2. The minimum Gasteiger partial charge on any atom is -0.481 e. The highest BCUT2D eigenvalue weighted by Gasteiger charge is 2.32. The van der Waals surface area contributed by atoms with E-state index >= 15 is 0 Å². The molecule has 152 valence electrons. The highest BCUT2D eigenvalue weighted by molar-refractivity contribution is 6.06. The summed E-state index contributed by atoms with van der Waals surface area (Å²) in [5.74, 6) is -0.357. The average Bonchev–Trinajstić information content (AvgIpc) is 3.07. The molecule has 0 aliphatic heterocycles. The smallest absolute Gasteiger partial charge is 0.303 e. The molecule has 0 unspecified atom stereocenters. The lowest BCUT2D eigenvalue weighted by Crippen LogP contribution is -2.13. The highest BCUT2D eigenvalue weighted by Crippen LogP contribution is 2.34. The van der Waals surface area contributed by atoms with Crippen LogP contribution in [0.5, 0.6) is 0 Å². The lowest BCUT2D eigenvalue weighted by atomic mass is 9.89. The number of ketones is 2. The first-order valence-electron chi connectivity index (χ1n) is 10.5. The Hall–Kier alpha value is -2.75. The van der Waals surface area contributed by atoms with Gasteiger partial charge in [-0.25, -0.2) is 0 Å². The molecule has 29 heavy (non-hydrogen) atoms. The molecule has 0 radical (unpaired) electrons. The van der Waals surface area contributed by atoms with Gasteiger partial charge in [-0.05, 0) is 48.1 Å². The summed E-state index contributed by atoms with van der Waals surface area (Å²) in [4.78, 5) is 35.4. The molecule has 1 aliphatic carbocycles. The van der Waals surface area contributed by atoms with E-state index in [4.69, 9.17) is 5.11 Å². The molecule has 1 aliphatic rings. The van der Waals surface area contributed by atoms with Crippen molar-refractivity contribution in [2.45, 2.75) is 51.4 Å². The Balaban J connectivity index is 1.54. The Morgan fingerprint density at radius 1 is 1.00 bits per heavy atom. The molecule has 0 spiro atoms. The average molecular weight is 392 g/mol. The van der Waals surface area contributed by atoms with Crippen LogP contribution in [-0.4, -0.2) is 22.6 Å². The van der Waals surface area contributed by atoms with Crippen molar-refractivity contribution in [2.75, 3.05) is 0 Å². The Bertz CT molecular complexity index is 912. The number of aliphatic carboxylic acids is 1. The van der Waals surface area contributed by atoms with Gasteiger partial charge in [0.15, 0.2) is 5.78 Å². The van der Waals surface area contributed by atoms with Crippen LogP contribution in [0.3, 0.4) is 0 Å². The standard InChI is InChI=1S/C25H28O4/c26-23(21-12-11-18-7-5-6-8-20(18)17-21)15-13-19-14-16-24(27)22(19)9-3-1-2-4-10-25(28)29/h5-8,11-13,15,17,19,22H,1-4,9-10,14,16H2,(H,28,29)/t19-,22+/m1/s1. The Kier molecular flexibility index (Phi) is 7.34. The molecule has 1 N–H and O–H groups in total. The van der Waals surface area contributed by atoms with Crippen molar-refractivity contribution in [1.29, 1.82) is 0 Å². The van der Waals surface area contributed by atoms with Crippen molar-refractivity contribution in [3.05, 3.63) is 60.2 Å². The predicted octanol–water partition coefficient (Wildman–Crippen LogP) is 5.60. The molecule has 2 aromatic carbocycles. The Labute approximate surface area is 171 Å². The topological polar surface area (TPSA) is 71.4 Å². The van der Waals surface area contributed by atoms with E-state index in [2.05, 4.69) is 0 Å². The number of rotatable bonds is 10. The van der Waals surface area contributed by atoms with Crippen LogP contribution in [-0.2, 0) is 9.59 Å². The fourth-order valence-corrected chi connectivity index (χ4v) is 4.18. The number of fused-ring (bicyclic) bond motifs is 1. The van der Waals surface area contributed by atoms with Gasteiger partial charge >= 0.3 is 5.97 Å². The van der Waals surface area contributed by atoms with Gasteiger partial charge in [-0.1, -0.05) is 61.7 Å². The Morgan fingerprint density at radius 3 is 2.55 bits per heavy atom. The van der Waals surface area contributed by atoms with Gasteiger partial charge in [0.1, 0.15) is 5.78 Å². The van der Waals surface area contributed by atoms with E-state index in [-0.39, 0.29) is 24.0 Å². The maximum atomic E-state index is 12.6. The van der Waals surface area contributed by atoms with Crippen molar-refractivity contribution in [2.24, 2.45) is 11.8 Å². The molecule has 4 heteroatoms. The summed E-state index contributed by atoms with van der Waals surface area (Å²) in [6.45, 7) is 0. The minimum absolute atomic E-state index is 0.00451. The molecule has 1 saturated carbocycles. The van der Waals surface area contributed by atoms with Crippen LogP contribution in [0.15, 0.2) is 54.6 Å². The second-order valence-corrected chi connectivity index (χ2v) is 7.91. The molecule has 2 atom stereocenters. The molecular weight excluding hydrogens is 364 g/mol. The number of allylic oxidation sites excluding steroid dienone is 2. The van der Waals surface area contributed by atoms with E-state index in [1.807, 2.05) is 48.5 Å². The predicted molar refractivity (Wildman–Crippen MR) is 114 cm³/mol. The summed E-state index contributed by atoms with van der Waals surface area (Å²) in [5, 5.41) is 10.8. The van der Waals surface area contributed by atoms with Crippen molar-refractivity contribution >= 4 is 28.3 Å². The number of carbonyl (C=O) groups is 3. The zero-order valence-electron chi connectivity index (χ0n) is 16.7. The van der Waals surface area contributed by atoms with Gasteiger partial charge in [0, 0.05) is 24.3 Å². The molecule has 0 bridgehead atoms. The number of carbonyl (C=O) groups excluding carboxylic acids is 2. The van der Waals surface area contributed by atoms with Gasteiger partial charge in [-0.2, -0.15) is 0 Å². The van der Waals surface area contributed by atoms with Crippen LogP contribution < -0.4 is 0 Å². The van der Waals surface area contributed by atoms with E-state index in [1.165, 1.54) is 0 Å². The summed E-state index contributed by atoms with van der Waals surface area (Å²) in [6.07, 6.45) is 9.45. The molecule has 2 aromatic rings. The van der Waals surface area contributed by atoms with Gasteiger partial charge in [0.25, 0.3) is 0 Å². The molecule has 0 aromatic heterocycles. The summed E-state index contributed by atoms with van der Waals surface area (Å²) >= 11 is 0. The van der Waals surface area contributed by atoms with Crippen LogP contribution in [0.2, 0.25) is 0 Å². The molecule has 1 fully saturated rings. The van der Waals surface area contributed by atoms with Crippen LogP contribution >= 0.6 is 0 Å². The lowest BCUT2D eigenvalue weighted by molar-refractivity contribution is -0.137. The van der Waals surface area contributed by atoms with E-state index in [9.17, 15) is 14.4 Å². The van der Waals surface area contributed by atoms with Crippen molar-refractivity contribution < 1.29 is 19.5 Å². The Morgan fingerprint density at radius 2 is 1.76 bits per heavy atom. The maximum Gasteiger partial charge on any atom is 0.303 e. The number of carboxylic acid groups (broad SMARTS) is 1. The molecular formula is C25H28O4. The number of hydrogen-bond acceptors (Lipinski definition) is 3. The first-order chi connectivity index (χ1) is 14.0. The van der Waals surface area contributed by atoms with E-state index in [0.717, 1.165) is 42.9 Å². The third kappa shape index (κ3) is 5.86. The summed E-state index contributed by atoms with van der Waals surface area (Å²) in [7, 11) is 0. The number of unbranched alkanes of at least 4 members (excludes halogenated alkanes) is 3. The molecule has 0 heterocycles. The zero-order chi connectivity index (χ0) is 20.6. The van der Waals surface area contributed by atoms with Crippen LogP contribution in [0.4, 0.5) is 0 Å². The van der Waals surface area contributed by atoms with Crippen molar-refractivity contribution in [3.63, 3.8) is 0 Å². The second-order valence-electron chi connectivity index (χ2n) is 7.91. The summed E-state index contributed by atoms with van der Waals surface area (Å²) in [5.41, 5.74) is 0.666.